The molecule has 1 aromatic rings. The first kappa shape index (κ1) is 14.1. The minimum atomic E-state index is -3.24. The molecule has 17 heavy (non-hydrogen) atoms. The van der Waals surface area contributed by atoms with Gasteiger partial charge in [-0.3, -0.25) is 0 Å². The van der Waals surface area contributed by atoms with Crippen LogP contribution in [0.5, 0.6) is 0 Å². The molecule has 98 valence electrons. The van der Waals surface area contributed by atoms with Gasteiger partial charge in [0.2, 0.25) is 5.89 Å². The Labute approximate surface area is 102 Å². The van der Waals surface area contributed by atoms with E-state index in [2.05, 4.69) is 10.1 Å². The van der Waals surface area contributed by atoms with Crippen molar-refractivity contribution < 1.29 is 12.9 Å². The second-order valence-corrected chi connectivity index (χ2v) is 7.67. The van der Waals surface area contributed by atoms with E-state index in [1.165, 1.54) is 6.92 Å². The third-order valence-electron chi connectivity index (χ3n) is 2.66. The van der Waals surface area contributed by atoms with E-state index in [1.54, 1.807) is 0 Å². The lowest BCUT2D eigenvalue weighted by Crippen LogP contribution is -2.27. The highest BCUT2D eigenvalue weighted by Gasteiger charge is 2.29. The van der Waals surface area contributed by atoms with Crippen molar-refractivity contribution in [3.63, 3.8) is 0 Å². The maximum atomic E-state index is 11.3. The Balaban J connectivity index is 3.01. The first-order valence-corrected chi connectivity index (χ1v) is 7.27. The lowest BCUT2D eigenvalue weighted by molar-refractivity contribution is 0.300. The highest BCUT2D eigenvalue weighted by atomic mass is 32.2. The van der Waals surface area contributed by atoms with Crippen LogP contribution in [-0.2, 0) is 9.84 Å². The van der Waals surface area contributed by atoms with Crippen LogP contribution in [0.25, 0.3) is 0 Å². The van der Waals surface area contributed by atoms with Crippen molar-refractivity contribution in [3.05, 3.63) is 11.7 Å². The van der Waals surface area contributed by atoms with Crippen LogP contribution in [0.15, 0.2) is 4.52 Å². The fourth-order valence-electron chi connectivity index (χ4n) is 1.11. The van der Waals surface area contributed by atoms with Gasteiger partial charge >= 0.3 is 0 Å². The summed E-state index contributed by atoms with van der Waals surface area (Å²) in [6.07, 6.45) is 1.13. The van der Waals surface area contributed by atoms with Crippen molar-refractivity contribution in [2.75, 3.05) is 6.26 Å². The molecule has 0 bridgehead atoms. The van der Waals surface area contributed by atoms with E-state index in [0.29, 0.717) is 5.82 Å². The summed E-state index contributed by atoms with van der Waals surface area (Å²) < 4.78 is 27.6. The van der Waals surface area contributed by atoms with Gasteiger partial charge < -0.3 is 10.3 Å². The zero-order valence-electron chi connectivity index (χ0n) is 10.8. The van der Waals surface area contributed by atoms with Gasteiger partial charge in [-0.2, -0.15) is 4.98 Å². The van der Waals surface area contributed by atoms with Gasteiger partial charge in [0.15, 0.2) is 15.7 Å². The summed E-state index contributed by atoms with van der Waals surface area (Å²) in [7, 11) is -3.24. The largest absolute Gasteiger partial charge is 0.338 e. The molecule has 1 heterocycles. The molecule has 0 spiro atoms. The molecule has 2 unspecified atom stereocenters. The Morgan fingerprint density at radius 1 is 1.35 bits per heavy atom. The predicted molar refractivity (Wildman–Crippen MR) is 63.9 cm³/mol. The summed E-state index contributed by atoms with van der Waals surface area (Å²) in [5.74, 6) is 0.421. The van der Waals surface area contributed by atoms with Crippen molar-refractivity contribution in [1.29, 1.82) is 0 Å². The molecule has 1 rings (SSSR count). The molecule has 0 aromatic carbocycles. The lowest BCUT2D eigenvalue weighted by Gasteiger charge is -2.23. The highest BCUT2D eigenvalue weighted by Crippen LogP contribution is 2.29. The Morgan fingerprint density at radius 2 is 1.88 bits per heavy atom. The maximum Gasteiger partial charge on any atom is 0.244 e. The van der Waals surface area contributed by atoms with Crippen molar-refractivity contribution >= 4 is 9.84 Å². The van der Waals surface area contributed by atoms with E-state index in [4.69, 9.17) is 10.3 Å². The molecule has 0 saturated heterocycles. The normalized spacial score (nSPS) is 16.8. The molecule has 6 nitrogen and oxygen atoms in total. The predicted octanol–water partition coefficient (Wildman–Crippen LogP) is 1.22. The number of sulfone groups is 1. The number of nitrogens with two attached hydrogens (primary N) is 1. The Hall–Kier alpha value is -0.950. The average molecular weight is 261 g/mol. The standard InChI is InChI=1S/C10H19N3O3S/c1-6(17(5,14)15)9-12-8(13-16-9)7(11)10(2,3)4/h6-7H,11H2,1-5H3. The molecule has 0 fully saturated rings. The summed E-state index contributed by atoms with van der Waals surface area (Å²) in [5.41, 5.74) is 5.75. The van der Waals surface area contributed by atoms with Gasteiger partial charge in [0.1, 0.15) is 5.25 Å². The third kappa shape index (κ3) is 3.26. The highest BCUT2D eigenvalue weighted by molar-refractivity contribution is 7.90. The van der Waals surface area contributed by atoms with E-state index in [1.807, 2.05) is 20.8 Å². The van der Waals surface area contributed by atoms with E-state index >= 15 is 0 Å². The first-order chi connectivity index (χ1) is 7.53. The molecule has 0 radical (unpaired) electrons. The van der Waals surface area contributed by atoms with Gasteiger partial charge in [0, 0.05) is 6.26 Å². The molecule has 1 aromatic heterocycles. The summed E-state index contributed by atoms with van der Waals surface area (Å²) in [6, 6.07) is -0.397. The minimum absolute atomic E-state index is 0.0854. The molecule has 2 atom stereocenters. The van der Waals surface area contributed by atoms with Crippen LogP contribution >= 0.6 is 0 Å². The SMILES string of the molecule is CC(c1nc(C(N)C(C)(C)C)no1)S(C)(=O)=O. The molecule has 0 saturated carbocycles. The molecular weight excluding hydrogens is 242 g/mol. The van der Waals surface area contributed by atoms with E-state index in [9.17, 15) is 8.42 Å². The number of hydrogen-bond donors (Lipinski definition) is 1. The fourth-order valence-corrected chi connectivity index (χ4v) is 1.57. The van der Waals surface area contributed by atoms with Crippen molar-refractivity contribution in [3.8, 4) is 0 Å². The quantitative estimate of drug-likeness (QED) is 0.878. The van der Waals surface area contributed by atoms with Crippen LogP contribution < -0.4 is 5.73 Å². The Bertz CT molecular complexity index is 487. The fraction of sp³-hybridized carbons (Fsp3) is 0.800. The van der Waals surface area contributed by atoms with Crippen LogP contribution in [0, 0.1) is 5.41 Å². The molecule has 0 amide bonds. The Kier molecular flexibility index (Phi) is 3.63. The minimum Gasteiger partial charge on any atom is -0.338 e. The average Bonchev–Trinajstić information content (AvgIpc) is 2.60. The molecule has 0 aliphatic heterocycles. The Morgan fingerprint density at radius 3 is 2.29 bits per heavy atom. The first-order valence-electron chi connectivity index (χ1n) is 5.31. The second kappa shape index (κ2) is 4.38. The summed E-state index contributed by atoms with van der Waals surface area (Å²) >= 11 is 0. The van der Waals surface area contributed by atoms with Gasteiger partial charge in [-0.15, -0.1) is 0 Å². The van der Waals surface area contributed by atoms with Crippen molar-refractivity contribution in [2.45, 2.75) is 39.0 Å². The third-order valence-corrected chi connectivity index (χ3v) is 4.14. The van der Waals surface area contributed by atoms with Crippen molar-refractivity contribution in [2.24, 2.45) is 11.1 Å². The van der Waals surface area contributed by atoms with Gasteiger partial charge in [-0.05, 0) is 12.3 Å². The number of aromatic nitrogens is 2. The van der Waals surface area contributed by atoms with E-state index < -0.39 is 21.1 Å². The van der Waals surface area contributed by atoms with Gasteiger partial charge in [0.05, 0.1) is 6.04 Å². The van der Waals surface area contributed by atoms with Gasteiger partial charge in [-0.1, -0.05) is 25.9 Å². The van der Waals surface area contributed by atoms with E-state index in [0.717, 1.165) is 6.26 Å². The van der Waals surface area contributed by atoms with Gasteiger partial charge in [0.25, 0.3) is 0 Å². The molecule has 2 N–H and O–H groups in total. The molecule has 0 aliphatic carbocycles. The lowest BCUT2D eigenvalue weighted by atomic mass is 9.87. The summed E-state index contributed by atoms with van der Waals surface area (Å²) in [6.45, 7) is 7.37. The molecule has 0 aliphatic rings. The van der Waals surface area contributed by atoms with Crippen molar-refractivity contribution in [1.82, 2.24) is 10.1 Å². The molecule has 7 heteroatoms. The summed E-state index contributed by atoms with van der Waals surface area (Å²) in [4.78, 5) is 4.06. The van der Waals surface area contributed by atoms with Crippen LogP contribution in [0.4, 0.5) is 0 Å². The van der Waals surface area contributed by atoms with Crippen LogP contribution in [0.2, 0.25) is 0 Å². The van der Waals surface area contributed by atoms with Crippen LogP contribution in [0.1, 0.15) is 50.7 Å². The number of nitrogens with zero attached hydrogens (tertiary/aromatic N) is 2. The second-order valence-electron chi connectivity index (χ2n) is 5.31. The van der Waals surface area contributed by atoms with Gasteiger partial charge in [-0.25, -0.2) is 8.42 Å². The maximum absolute atomic E-state index is 11.3. The summed E-state index contributed by atoms with van der Waals surface area (Å²) in [5, 5.41) is 2.93. The topological polar surface area (TPSA) is 99.1 Å². The number of hydrogen-bond acceptors (Lipinski definition) is 6. The van der Waals surface area contributed by atoms with Crippen LogP contribution in [-0.4, -0.2) is 24.8 Å². The molecular formula is C10H19N3O3S. The van der Waals surface area contributed by atoms with Crippen LogP contribution in [0.3, 0.4) is 0 Å². The zero-order valence-corrected chi connectivity index (χ0v) is 11.6. The van der Waals surface area contributed by atoms with E-state index in [-0.39, 0.29) is 11.3 Å². The monoisotopic (exact) mass is 261 g/mol. The zero-order chi connectivity index (χ0) is 13.4. The smallest absolute Gasteiger partial charge is 0.244 e. The number of rotatable bonds is 3.